The van der Waals surface area contributed by atoms with Gasteiger partial charge in [-0.05, 0) is 23.6 Å². The Labute approximate surface area is 175 Å². The molecule has 4 aromatic rings. The van der Waals surface area contributed by atoms with Gasteiger partial charge in [-0.2, -0.15) is 9.97 Å². The maximum atomic E-state index is 11.8. The van der Waals surface area contributed by atoms with E-state index in [0.717, 1.165) is 30.2 Å². The lowest BCUT2D eigenvalue weighted by molar-refractivity contribution is 0.100. The number of thiophene rings is 1. The Balaban J connectivity index is 1.65. The van der Waals surface area contributed by atoms with Crippen LogP contribution in [0.25, 0.3) is 17.0 Å². The summed E-state index contributed by atoms with van der Waals surface area (Å²) < 4.78 is 7.19. The molecule has 0 saturated carbocycles. The quantitative estimate of drug-likeness (QED) is 0.438. The monoisotopic (exact) mass is 421 g/mol. The number of rotatable bonds is 6. The first-order valence-corrected chi connectivity index (χ1v) is 10.3. The van der Waals surface area contributed by atoms with Crippen LogP contribution in [0.1, 0.15) is 20.9 Å². The minimum absolute atomic E-state index is 0.286. The summed E-state index contributed by atoms with van der Waals surface area (Å²) >= 11 is 1.68. The number of nitrogens with zero attached hydrogens (tertiary/aromatic N) is 4. The zero-order chi connectivity index (χ0) is 20.7. The SMILES string of the molecule is COc1nc2c(C(N)=O)cccc2n1-c1nc2c(c(NCc3cccs3)n1)NCC2. The molecule has 0 radical (unpaired) electrons. The number of nitrogens with two attached hydrogens (primary N) is 1. The smallest absolute Gasteiger partial charge is 0.304 e. The van der Waals surface area contributed by atoms with Gasteiger partial charge in [-0.1, -0.05) is 12.1 Å². The van der Waals surface area contributed by atoms with Crippen LogP contribution in [-0.2, 0) is 13.0 Å². The fraction of sp³-hybridized carbons (Fsp3) is 0.200. The maximum Gasteiger partial charge on any atom is 0.304 e. The highest BCUT2D eigenvalue weighted by Crippen LogP contribution is 2.32. The van der Waals surface area contributed by atoms with E-state index in [0.29, 0.717) is 29.1 Å². The van der Waals surface area contributed by atoms with E-state index < -0.39 is 5.91 Å². The normalized spacial score (nSPS) is 12.6. The summed E-state index contributed by atoms with van der Waals surface area (Å²) in [6, 6.07) is 9.62. The van der Waals surface area contributed by atoms with Gasteiger partial charge in [0.1, 0.15) is 5.52 Å². The standard InChI is InChI=1S/C20H19N7O2S/c1-29-20-25-15-12(17(21)28)5-2-6-14(15)27(20)19-24-13-7-8-22-16(13)18(26-19)23-10-11-4-3-9-30-11/h2-6,9,22H,7-8,10H2,1H3,(H2,21,28)(H,23,24,26). The van der Waals surface area contributed by atoms with Crippen molar-refractivity contribution in [2.75, 3.05) is 24.3 Å². The number of anilines is 2. The van der Waals surface area contributed by atoms with Crippen molar-refractivity contribution in [3.63, 3.8) is 0 Å². The van der Waals surface area contributed by atoms with E-state index in [1.165, 1.54) is 12.0 Å². The lowest BCUT2D eigenvalue weighted by atomic mass is 10.2. The molecule has 152 valence electrons. The summed E-state index contributed by atoms with van der Waals surface area (Å²) in [5, 5.41) is 8.82. The molecule has 3 aromatic heterocycles. The number of hydrogen-bond acceptors (Lipinski definition) is 8. The third-order valence-corrected chi connectivity index (χ3v) is 5.82. The number of nitrogens with one attached hydrogen (secondary N) is 2. The van der Waals surface area contributed by atoms with E-state index in [1.54, 1.807) is 28.0 Å². The van der Waals surface area contributed by atoms with Gasteiger partial charge in [0.2, 0.25) is 5.95 Å². The zero-order valence-corrected chi connectivity index (χ0v) is 17.0. The number of benzene rings is 1. The number of primary amides is 1. The largest absolute Gasteiger partial charge is 0.468 e. The minimum atomic E-state index is -0.551. The van der Waals surface area contributed by atoms with Crippen molar-refractivity contribution in [1.82, 2.24) is 19.5 Å². The highest BCUT2D eigenvalue weighted by atomic mass is 32.1. The topological polar surface area (TPSA) is 120 Å². The number of methoxy groups -OCH3 is 1. The number of para-hydroxylation sites is 1. The van der Waals surface area contributed by atoms with Crippen molar-refractivity contribution in [1.29, 1.82) is 0 Å². The number of fused-ring (bicyclic) bond motifs is 2. The molecule has 4 heterocycles. The van der Waals surface area contributed by atoms with Crippen molar-refractivity contribution < 1.29 is 9.53 Å². The average Bonchev–Trinajstić information content (AvgIpc) is 3.50. The van der Waals surface area contributed by atoms with E-state index >= 15 is 0 Å². The number of carbonyl (C=O) groups excluding carboxylic acids is 1. The van der Waals surface area contributed by atoms with Crippen LogP contribution in [0.3, 0.4) is 0 Å². The van der Waals surface area contributed by atoms with Gasteiger partial charge in [-0.25, -0.2) is 9.55 Å². The summed E-state index contributed by atoms with van der Waals surface area (Å²) in [5.74, 6) is 0.591. The predicted octanol–water partition coefficient (Wildman–Crippen LogP) is 2.56. The van der Waals surface area contributed by atoms with Crippen LogP contribution in [0.2, 0.25) is 0 Å². The summed E-state index contributed by atoms with van der Waals surface area (Å²) in [6.07, 6.45) is 0.792. The number of carbonyl (C=O) groups is 1. The lowest BCUT2D eigenvalue weighted by Gasteiger charge is -2.13. The van der Waals surface area contributed by atoms with Gasteiger partial charge in [-0.3, -0.25) is 4.79 Å². The summed E-state index contributed by atoms with van der Waals surface area (Å²) in [6.45, 7) is 1.46. The zero-order valence-electron chi connectivity index (χ0n) is 16.2. The second kappa shape index (κ2) is 7.30. The van der Waals surface area contributed by atoms with Gasteiger partial charge in [0.05, 0.1) is 36.1 Å². The van der Waals surface area contributed by atoms with Gasteiger partial charge in [0.25, 0.3) is 5.91 Å². The first-order valence-electron chi connectivity index (χ1n) is 9.42. The van der Waals surface area contributed by atoms with Gasteiger partial charge in [0.15, 0.2) is 5.82 Å². The molecule has 1 aliphatic heterocycles. The molecule has 0 aliphatic carbocycles. The molecule has 0 atom stereocenters. The van der Waals surface area contributed by atoms with Crippen molar-refractivity contribution in [2.45, 2.75) is 13.0 Å². The minimum Gasteiger partial charge on any atom is -0.468 e. The van der Waals surface area contributed by atoms with Crippen LogP contribution in [0, 0.1) is 0 Å². The van der Waals surface area contributed by atoms with E-state index in [-0.39, 0.29) is 6.01 Å². The molecular formula is C20H19N7O2S. The molecule has 1 aliphatic rings. The third-order valence-electron chi connectivity index (χ3n) is 4.95. The molecule has 10 heteroatoms. The number of hydrogen-bond donors (Lipinski definition) is 3. The maximum absolute atomic E-state index is 11.8. The summed E-state index contributed by atoms with van der Waals surface area (Å²) in [4.78, 5) is 27.0. The van der Waals surface area contributed by atoms with Crippen molar-refractivity contribution in [2.24, 2.45) is 5.73 Å². The fourth-order valence-electron chi connectivity index (χ4n) is 3.59. The van der Waals surface area contributed by atoms with Gasteiger partial charge < -0.3 is 21.1 Å². The van der Waals surface area contributed by atoms with Gasteiger partial charge in [0, 0.05) is 17.8 Å². The second-order valence-electron chi connectivity index (χ2n) is 6.78. The Morgan fingerprint density at radius 1 is 1.30 bits per heavy atom. The molecule has 1 aromatic carbocycles. The van der Waals surface area contributed by atoms with E-state index in [2.05, 4.69) is 21.7 Å². The molecule has 4 N–H and O–H groups in total. The molecular weight excluding hydrogens is 402 g/mol. The molecule has 5 rings (SSSR count). The Morgan fingerprint density at radius 2 is 2.20 bits per heavy atom. The van der Waals surface area contributed by atoms with Crippen molar-refractivity contribution in [3.8, 4) is 12.0 Å². The summed E-state index contributed by atoms with van der Waals surface area (Å²) in [5.41, 5.74) is 8.79. The summed E-state index contributed by atoms with van der Waals surface area (Å²) in [7, 11) is 1.52. The lowest BCUT2D eigenvalue weighted by Crippen LogP contribution is -2.12. The Kier molecular flexibility index (Phi) is 4.47. The van der Waals surface area contributed by atoms with Crippen molar-refractivity contribution >= 4 is 39.8 Å². The number of aromatic nitrogens is 4. The van der Waals surface area contributed by atoms with Crippen LogP contribution < -0.4 is 21.1 Å². The van der Waals surface area contributed by atoms with E-state index in [4.69, 9.17) is 20.4 Å². The molecule has 0 spiro atoms. The fourth-order valence-corrected chi connectivity index (χ4v) is 4.23. The molecule has 0 bridgehead atoms. The Hall–Kier alpha value is -3.66. The predicted molar refractivity (Wildman–Crippen MR) is 116 cm³/mol. The van der Waals surface area contributed by atoms with E-state index in [1.807, 2.05) is 17.5 Å². The highest BCUT2D eigenvalue weighted by Gasteiger charge is 2.24. The Bertz CT molecular complexity index is 1250. The Morgan fingerprint density at radius 3 is 2.97 bits per heavy atom. The second-order valence-corrected chi connectivity index (χ2v) is 7.81. The molecule has 0 fully saturated rings. The van der Waals surface area contributed by atoms with Crippen LogP contribution in [0.15, 0.2) is 35.7 Å². The van der Waals surface area contributed by atoms with Crippen LogP contribution in [0.4, 0.5) is 11.5 Å². The first kappa shape index (κ1) is 18.4. The molecule has 9 nitrogen and oxygen atoms in total. The number of imidazole rings is 1. The first-order chi connectivity index (χ1) is 14.7. The highest BCUT2D eigenvalue weighted by molar-refractivity contribution is 7.09. The van der Waals surface area contributed by atoms with Crippen molar-refractivity contribution in [3.05, 3.63) is 51.8 Å². The van der Waals surface area contributed by atoms with Crippen LogP contribution >= 0.6 is 11.3 Å². The molecule has 0 unspecified atom stereocenters. The van der Waals surface area contributed by atoms with Gasteiger partial charge in [-0.15, -0.1) is 11.3 Å². The van der Waals surface area contributed by atoms with Crippen LogP contribution in [-0.4, -0.2) is 39.1 Å². The van der Waals surface area contributed by atoms with E-state index in [9.17, 15) is 4.79 Å². The number of ether oxygens (including phenoxy) is 1. The molecule has 30 heavy (non-hydrogen) atoms. The molecule has 1 amide bonds. The third kappa shape index (κ3) is 3.01. The van der Waals surface area contributed by atoms with Gasteiger partial charge >= 0.3 is 6.01 Å². The molecule has 0 saturated heterocycles. The van der Waals surface area contributed by atoms with Crippen LogP contribution in [0.5, 0.6) is 6.01 Å². The number of amides is 1. The average molecular weight is 421 g/mol.